The van der Waals surface area contributed by atoms with Gasteiger partial charge in [0.1, 0.15) is 5.82 Å². The molecular weight excluding hydrogens is 433 g/mol. The number of allylic oxidation sites excluding steroid dienone is 1. The van der Waals surface area contributed by atoms with Crippen molar-refractivity contribution < 1.29 is 13.9 Å². The summed E-state index contributed by atoms with van der Waals surface area (Å²) in [5.74, 6) is -0.590. The van der Waals surface area contributed by atoms with Crippen LogP contribution >= 0.6 is 11.3 Å². The van der Waals surface area contributed by atoms with E-state index in [1.807, 2.05) is 32.0 Å². The highest BCUT2D eigenvalue weighted by molar-refractivity contribution is 7.17. The number of fused-ring (bicyclic) bond motifs is 1. The van der Waals surface area contributed by atoms with Crippen molar-refractivity contribution in [2.75, 3.05) is 11.9 Å². The van der Waals surface area contributed by atoms with Gasteiger partial charge in [0.2, 0.25) is 0 Å². The lowest BCUT2D eigenvalue weighted by atomic mass is 9.93. The summed E-state index contributed by atoms with van der Waals surface area (Å²) in [6.45, 7) is 12.4. The van der Waals surface area contributed by atoms with E-state index in [1.165, 1.54) is 16.2 Å². The molecule has 1 aromatic heterocycles. The third-order valence-electron chi connectivity index (χ3n) is 5.45. The van der Waals surface area contributed by atoms with Gasteiger partial charge in [-0.3, -0.25) is 4.79 Å². The molecule has 1 heterocycles. The number of halogens is 1. The fraction of sp³-hybridized carbons (Fsp3) is 0.393. The highest BCUT2D eigenvalue weighted by atomic mass is 32.1. The predicted octanol–water partition coefficient (Wildman–Crippen LogP) is 8.55. The molecule has 5 heteroatoms. The molecule has 0 aliphatic carbocycles. The first-order valence-electron chi connectivity index (χ1n) is 11.9. The lowest BCUT2D eigenvalue weighted by Gasteiger charge is -2.20. The number of carbonyl (C=O) groups is 1. The van der Waals surface area contributed by atoms with Crippen molar-refractivity contribution in [2.24, 2.45) is 0 Å². The minimum atomic E-state index is -0.409. The largest absolute Gasteiger partial charge is 0.466 e. The second kappa shape index (κ2) is 13.1. The number of ether oxygens (including phenoxy) is 1. The summed E-state index contributed by atoms with van der Waals surface area (Å²) in [4.78, 5) is 11.9. The van der Waals surface area contributed by atoms with Gasteiger partial charge in [-0.15, -0.1) is 11.3 Å². The molecule has 0 fully saturated rings. The molecule has 0 bridgehead atoms. The summed E-state index contributed by atoms with van der Waals surface area (Å²) in [5, 5.41) is 6.85. The van der Waals surface area contributed by atoms with Crippen LogP contribution in [0.5, 0.6) is 0 Å². The zero-order valence-corrected chi connectivity index (χ0v) is 21.4. The van der Waals surface area contributed by atoms with E-state index >= 15 is 0 Å². The van der Waals surface area contributed by atoms with E-state index in [1.54, 1.807) is 18.3 Å². The number of nitrogens with one attached hydrogen (secondary N) is 1. The Hall–Kier alpha value is -2.66. The molecule has 3 rings (SSSR count). The lowest BCUT2D eigenvalue weighted by Crippen LogP contribution is -2.11. The quantitative estimate of drug-likeness (QED) is 0.319. The minimum absolute atomic E-state index is 0.0593. The van der Waals surface area contributed by atoms with Gasteiger partial charge in [-0.25, -0.2) is 4.39 Å². The number of hydrogen-bond donors (Lipinski definition) is 1. The van der Waals surface area contributed by atoms with E-state index in [4.69, 9.17) is 4.74 Å². The van der Waals surface area contributed by atoms with Gasteiger partial charge in [0.05, 0.1) is 13.0 Å². The second-order valence-corrected chi connectivity index (χ2v) is 8.53. The molecule has 0 aliphatic heterocycles. The summed E-state index contributed by atoms with van der Waals surface area (Å²) >= 11 is 1.70. The Bertz CT molecular complexity index is 1090. The smallest absolute Gasteiger partial charge is 0.310 e. The number of benzene rings is 2. The molecule has 1 atom stereocenters. The van der Waals surface area contributed by atoms with Crippen LogP contribution in [0.2, 0.25) is 0 Å². The van der Waals surface area contributed by atoms with E-state index in [9.17, 15) is 9.18 Å². The Balaban J connectivity index is 0.00000187. The van der Waals surface area contributed by atoms with Gasteiger partial charge in [-0.05, 0) is 55.0 Å². The number of anilines is 1. The molecule has 2 aromatic carbocycles. The number of esters is 1. The number of hydrogen-bond acceptors (Lipinski definition) is 4. The average Bonchev–Trinajstić information content (AvgIpc) is 3.25. The van der Waals surface area contributed by atoms with Crippen LogP contribution in [0.25, 0.3) is 15.8 Å². The Morgan fingerprint density at radius 2 is 1.91 bits per heavy atom. The average molecular weight is 470 g/mol. The van der Waals surface area contributed by atoms with E-state index < -0.39 is 11.8 Å². The van der Waals surface area contributed by atoms with Crippen molar-refractivity contribution in [2.45, 2.75) is 66.7 Å². The topological polar surface area (TPSA) is 38.3 Å². The van der Waals surface area contributed by atoms with Crippen LogP contribution in [0.1, 0.15) is 77.0 Å². The monoisotopic (exact) mass is 469 g/mol. The molecule has 0 saturated carbocycles. The maximum atomic E-state index is 15.0. The van der Waals surface area contributed by atoms with Crippen molar-refractivity contribution in [1.82, 2.24) is 0 Å². The molecule has 1 N–H and O–H groups in total. The fourth-order valence-electron chi connectivity index (χ4n) is 3.64. The highest BCUT2D eigenvalue weighted by Crippen LogP contribution is 2.35. The highest BCUT2D eigenvalue weighted by Gasteiger charge is 2.18. The molecule has 0 spiro atoms. The SMILES string of the molecule is CC.CC/C=C(/Nc1cc(F)c(CC(=O)OCC)cc1C(C)CC)c1csc2ccccc12. The first-order valence-corrected chi connectivity index (χ1v) is 12.8. The van der Waals surface area contributed by atoms with Crippen LogP contribution in [-0.2, 0) is 16.0 Å². The third-order valence-corrected chi connectivity index (χ3v) is 6.41. The van der Waals surface area contributed by atoms with Gasteiger partial charge >= 0.3 is 5.97 Å². The second-order valence-electron chi connectivity index (χ2n) is 7.62. The molecule has 0 amide bonds. The summed E-state index contributed by atoms with van der Waals surface area (Å²) in [7, 11) is 0. The van der Waals surface area contributed by atoms with Crippen molar-refractivity contribution in [3.8, 4) is 0 Å². The van der Waals surface area contributed by atoms with Gasteiger partial charge in [0, 0.05) is 32.4 Å². The molecule has 0 radical (unpaired) electrons. The molecule has 3 nitrogen and oxygen atoms in total. The molecule has 0 aliphatic rings. The van der Waals surface area contributed by atoms with Gasteiger partial charge in [0.25, 0.3) is 0 Å². The van der Waals surface area contributed by atoms with E-state index in [0.29, 0.717) is 5.56 Å². The van der Waals surface area contributed by atoms with Crippen LogP contribution in [0, 0.1) is 5.82 Å². The summed E-state index contributed by atoms with van der Waals surface area (Å²) < 4.78 is 21.2. The third kappa shape index (κ3) is 6.67. The molecule has 178 valence electrons. The molecule has 0 saturated heterocycles. The summed E-state index contributed by atoms with van der Waals surface area (Å²) in [5.41, 5.74) is 4.22. The standard InChI is InChI=1S/C26H30FNO2S.C2H6/c1-5-10-23(21-16-31-25-12-9-8-11-19(21)25)28-24-15-22(27)18(14-26(29)30-7-3)13-20(24)17(4)6-2;1-2/h8-13,15-17,28H,5-7,14H2,1-4H3;1-2H3/b23-10+;. The molecular formula is C28H36FNO2S. The Kier molecular flexibility index (Phi) is 10.6. The van der Waals surface area contributed by atoms with Crippen LogP contribution < -0.4 is 5.32 Å². The molecule has 1 unspecified atom stereocenters. The Morgan fingerprint density at radius 1 is 1.18 bits per heavy atom. The van der Waals surface area contributed by atoms with Gasteiger partial charge < -0.3 is 10.1 Å². The summed E-state index contributed by atoms with van der Waals surface area (Å²) in [6, 6.07) is 11.6. The maximum absolute atomic E-state index is 15.0. The van der Waals surface area contributed by atoms with Crippen LogP contribution in [-0.4, -0.2) is 12.6 Å². The van der Waals surface area contributed by atoms with Crippen molar-refractivity contribution >= 4 is 38.8 Å². The van der Waals surface area contributed by atoms with Crippen molar-refractivity contribution in [3.05, 3.63) is 70.4 Å². The van der Waals surface area contributed by atoms with Crippen LogP contribution in [0.3, 0.4) is 0 Å². The van der Waals surface area contributed by atoms with E-state index in [2.05, 4.69) is 49.7 Å². The predicted molar refractivity (Wildman–Crippen MR) is 141 cm³/mol. The Morgan fingerprint density at radius 3 is 2.58 bits per heavy atom. The van der Waals surface area contributed by atoms with Crippen LogP contribution in [0.15, 0.2) is 47.9 Å². The zero-order valence-electron chi connectivity index (χ0n) is 20.6. The molecule has 33 heavy (non-hydrogen) atoms. The van der Waals surface area contributed by atoms with Gasteiger partial charge in [-0.1, -0.05) is 58.9 Å². The zero-order chi connectivity index (χ0) is 24.4. The first-order chi connectivity index (χ1) is 16.0. The number of carbonyl (C=O) groups excluding carboxylic acids is 1. The minimum Gasteiger partial charge on any atom is -0.466 e. The van der Waals surface area contributed by atoms with Crippen molar-refractivity contribution in [3.63, 3.8) is 0 Å². The number of rotatable bonds is 9. The van der Waals surface area contributed by atoms with E-state index in [-0.39, 0.29) is 18.9 Å². The molecule has 3 aromatic rings. The van der Waals surface area contributed by atoms with Crippen LogP contribution in [0.4, 0.5) is 10.1 Å². The fourth-order valence-corrected chi connectivity index (χ4v) is 4.60. The lowest BCUT2D eigenvalue weighted by molar-refractivity contribution is -0.142. The van der Waals surface area contributed by atoms with Gasteiger partial charge in [-0.2, -0.15) is 0 Å². The van der Waals surface area contributed by atoms with Gasteiger partial charge in [0.15, 0.2) is 0 Å². The normalized spacial score (nSPS) is 12.2. The van der Waals surface area contributed by atoms with E-state index in [0.717, 1.165) is 35.4 Å². The Labute approximate surface area is 201 Å². The number of thiophene rings is 1. The summed E-state index contributed by atoms with van der Waals surface area (Å²) in [6.07, 6.45) is 3.84. The maximum Gasteiger partial charge on any atom is 0.310 e. The first kappa shape index (κ1) is 26.6. The van der Waals surface area contributed by atoms with Crippen molar-refractivity contribution in [1.29, 1.82) is 0 Å².